The van der Waals surface area contributed by atoms with E-state index in [1.165, 1.54) is 14.2 Å². The fourth-order valence-electron chi connectivity index (χ4n) is 3.38. The van der Waals surface area contributed by atoms with Gasteiger partial charge < -0.3 is 19.2 Å². The van der Waals surface area contributed by atoms with Crippen LogP contribution in [0.1, 0.15) is 18.6 Å². The average molecular weight is 402 g/mol. The molecule has 0 fully saturated rings. The third-order valence-electron chi connectivity index (χ3n) is 4.69. The van der Waals surface area contributed by atoms with E-state index in [2.05, 4.69) is 11.9 Å². The second-order valence-corrected chi connectivity index (χ2v) is 6.80. The van der Waals surface area contributed by atoms with Crippen molar-refractivity contribution in [2.24, 2.45) is 5.92 Å². The molecule has 2 unspecified atom stereocenters. The molecule has 0 aliphatic carbocycles. The summed E-state index contributed by atoms with van der Waals surface area (Å²) in [4.78, 5) is 25.0. The number of benzene rings is 1. The molecular weight excluding hydrogens is 382 g/mol. The van der Waals surface area contributed by atoms with Gasteiger partial charge in [-0.05, 0) is 43.3 Å². The van der Waals surface area contributed by atoms with Crippen molar-refractivity contribution in [2.75, 3.05) is 14.2 Å². The molecule has 0 bridgehead atoms. The van der Waals surface area contributed by atoms with Gasteiger partial charge in [-0.15, -0.1) is 0 Å². The first kappa shape index (κ1) is 19.8. The number of carbonyl (C=O) groups excluding carboxylic acids is 2. The molecular formula is C21H20ClNO5. The van der Waals surface area contributed by atoms with Crippen molar-refractivity contribution in [3.8, 4) is 11.3 Å². The lowest BCUT2D eigenvalue weighted by Crippen LogP contribution is -2.39. The predicted octanol–water partition coefficient (Wildman–Crippen LogP) is 4.04. The molecule has 1 aliphatic rings. The highest BCUT2D eigenvalue weighted by molar-refractivity contribution is 6.30. The first-order chi connectivity index (χ1) is 13.4. The monoisotopic (exact) mass is 401 g/mol. The Morgan fingerprint density at radius 2 is 1.79 bits per heavy atom. The summed E-state index contributed by atoms with van der Waals surface area (Å²) >= 11 is 5.94. The van der Waals surface area contributed by atoms with Gasteiger partial charge in [0.2, 0.25) is 0 Å². The number of hydrogen-bond acceptors (Lipinski definition) is 6. The Kier molecular flexibility index (Phi) is 5.61. The van der Waals surface area contributed by atoms with Gasteiger partial charge in [-0.25, -0.2) is 4.79 Å². The highest BCUT2D eigenvalue weighted by Gasteiger charge is 2.44. The molecule has 3 rings (SSSR count). The molecule has 2 aromatic rings. The molecule has 1 aliphatic heterocycles. The number of esters is 2. The van der Waals surface area contributed by atoms with E-state index in [9.17, 15) is 9.59 Å². The van der Waals surface area contributed by atoms with E-state index in [4.69, 9.17) is 25.5 Å². The zero-order valence-corrected chi connectivity index (χ0v) is 16.5. The van der Waals surface area contributed by atoms with Crippen LogP contribution in [0.25, 0.3) is 11.3 Å². The Bertz CT molecular complexity index is 957. The molecule has 1 N–H and O–H groups in total. The largest absolute Gasteiger partial charge is 0.468 e. The smallest absolute Gasteiger partial charge is 0.336 e. The van der Waals surface area contributed by atoms with Gasteiger partial charge in [0, 0.05) is 22.0 Å². The lowest BCUT2D eigenvalue weighted by molar-refractivity contribution is -0.145. The van der Waals surface area contributed by atoms with Gasteiger partial charge in [0.1, 0.15) is 17.4 Å². The molecule has 2 heterocycles. The molecule has 0 saturated heterocycles. The van der Waals surface area contributed by atoms with E-state index < -0.39 is 23.8 Å². The highest BCUT2D eigenvalue weighted by Crippen LogP contribution is 2.42. The molecule has 2 atom stereocenters. The van der Waals surface area contributed by atoms with E-state index in [0.717, 1.165) is 5.56 Å². The van der Waals surface area contributed by atoms with Gasteiger partial charge in [-0.3, -0.25) is 4.79 Å². The second kappa shape index (κ2) is 7.94. The minimum atomic E-state index is -0.841. The Hall–Kier alpha value is -2.99. The van der Waals surface area contributed by atoms with Crippen LogP contribution >= 0.6 is 11.6 Å². The molecule has 146 valence electrons. The topological polar surface area (TPSA) is 77.8 Å². The zero-order valence-electron chi connectivity index (χ0n) is 15.7. The van der Waals surface area contributed by atoms with E-state index in [1.54, 1.807) is 31.2 Å². The van der Waals surface area contributed by atoms with E-state index in [0.29, 0.717) is 33.5 Å². The van der Waals surface area contributed by atoms with E-state index >= 15 is 0 Å². The number of furan rings is 1. The summed E-state index contributed by atoms with van der Waals surface area (Å²) in [6, 6.07) is 10.7. The highest BCUT2D eigenvalue weighted by atomic mass is 35.5. The summed E-state index contributed by atoms with van der Waals surface area (Å²) in [6.45, 7) is 5.65. The van der Waals surface area contributed by atoms with Crippen LogP contribution in [0, 0.1) is 5.92 Å². The maximum atomic E-state index is 12.5. The summed E-state index contributed by atoms with van der Waals surface area (Å²) in [5, 5.41) is 3.59. The molecule has 28 heavy (non-hydrogen) atoms. The van der Waals surface area contributed by atoms with Crippen molar-refractivity contribution in [1.82, 2.24) is 5.32 Å². The SMILES string of the molecule is C=C1NC(C)=C(C(=O)OC)C(c2ccc(-c3ccc(Cl)cc3)o2)C1C(=O)OC. The summed E-state index contributed by atoms with van der Waals surface area (Å²) in [6.07, 6.45) is 0. The van der Waals surface area contributed by atoms with Crippen molar-refractivity contribution in [1.29, 1.82) is 0 Å². The van der Waals surface area contributed by atoms with Gasteiger partial charge in [-0.2, -0.15) is 0 Å². The normalized spacial score (nSPS) is 19.2. The summed E-state index contributed by atoms with van der Waals surface area (Å²) < 4.78 is 15.9. The number of nitrogens with one attached hydrogen (secondary N) is 1. The van der Waals surface area contributed by atoms with Crippen LogP contribution in [-0.2, 0) is 19.1 Å². The van der Waals surface area contributed by atoms with Crippen LogP contribution in [0.2, 0.25) is 5.02 Å². The summed E-state index contributed by atoms with van der Waals surface area (Å²) in [5.74, 6) is -1.63. The molecule has 0 saturated carbocycles. The third kappa shape index (κ3) is 3.55. The maximum Gasteiger partial charge on any atom is 0.336 e. The quantitative estimate of drug-likeness (QED) is 0.779. The maximum absolute atomic E-state index is 12.5. The van der Waals surface area contributed by atoms with Gasteiger partial charge in [0.25, 0.3) is 0 Å². The Balaban J connectivity index is 2.11. The van der Waals surface area contributed by atoms with Gasteiger partial charge in [0.05, 0.1) is 25.7 Å². The molecule has 0 radical (unpaired) electrons. The zero-order chi connectivity index (χ0) is 20.4. The molecule has 1 aromatic heterocycles. The van der Waals surface area contributed by atoms with Crippen LogP contribution in [0.4, 0.5) is 0 Å². The third-order valence-corrected chi connectivity index (χ3v) is 4.95. The lowest BCUT2D eigenvalue weighted by Gasteiger charge is -2.33. The number of methoxy groups -OCH3 is 2. The first-order valence-corrected chi connectivity index (χ1v) is 8.93. The summed E-state index contributed by atoms with van der Waals surface area (Å²) in [5.41, 5.74) is 2.08. The molecule has 0 amide bonds. The number of ether oxygens (including phenoxy) is 2. The molecule has 1 aromatic carbocycles. The van der Waals surface area contributed by atoms with Crippen LogP contribution in [0.3, 0.4) is 0 Å². The summed E-state index contributed by atoms with van der Waals surface area (Å²) in [7, 11) is 2.58. The van der Waals surface area contributed by atoms with Crippen LogP contribution in [-0.4, -0.2) is 26.2 Å². The minimum Gasteiger partial charge on any atom is -0.468 e. The van der Waals surface area contributed by atoms with Crippen molar-refractivity contribution in [3.63, 3.8) is 0 Å². The van der Waals surface area contributed by atoms with Crippen LogP contribution < -0.4 is 5.32 Å². The van der Waals surface area contributed by atoms with Crippen molar-refractivity contribution in [2.45, 2.75) is 12.8 Å². The standard InChI is InChI=1S/C21H20ClNO5/c1-11-17(20(24)26-3)19(18(12(2)23-11)21(25)27-4)16-10-9-15(28-16)13-5-7-14(22)8-6-13/h5-10,17,19,23H,1H2,2-4H3. The predicted molar refractivity (Wildman–Crippen MR) is 104 cm³/mol. The molecule has 6 nitrogen and oxygen atoms in total. The Morgan fingerprint density at radius 1 is 1.11 bits per heavy atom. The second-order valence-electron chi connectivity index (χ2n) is 6.37. The lowest BCUT2D eigenvalue weighted by atomic mass is 9.78. The fraction of sp³-hybridized carbons (Fsp3) is 0.238. The van der Waals surface area contributed by atoms with Crippen molar-refractivity contribution < 1.29 is 23.5 Å². The Labute approximate surface area is 167 Å². The first-order valence-electron chi connectivity index (χ1n) is 8.55. The van der Waals surface area contributed by atoms with E-state index in [-0.39, 0.29) is 0 Å². The van der Waals surface area contributed by atoms with E-state index in [1.807, 2.05) is 12.1 Å². The van der Waals surface area contributed by atoms with Crippen molar-refractivity contribution >= 4 is 23.5 Å². The minimum absolute atomic E-state index is 0.294. The van der Waals surface area contributed by atoms with Gasteiger partial charge in [0.15, 0.2) is 0 Å². The van der Waals surface area contributed by atoms with Gasteiger partial charge in [-0.1, -0.05) is 18.2 Å². The Morgan fingerprint density at radius 3 is 2.39 bits per heavy atom. The van der Waals surface area contributed by atoms with Crippen LogP contribution in [0.5, 0.6) is 0 Å². The number of allylic oxidation sites excluding steroid dienone is 1. The molecule has 7 heteroatoms. The van der Waals surface area contributed by atoms with Crippen LogP contribution in [0.15, 0.2) is 64.4 Å². The van der Waals surface area contributed by atoms with Crippen molar-refractivity contribution in [3.05, 3.63) is 70.7 Å². The molecule has 0 spiro atoms. The fourth-order valence-corrected chi connectivity index (χ4v) is 3.50. The number of carbonyl (C=O) groups is 2. The number of rotatable bonds is 4. The number of halogens is 1. The number of hydrogen-bond donors (Lipinski definition) is 1. The average Bonchev–Trinajstić information content (AvgIpc) is 3.16. The van der Waals surface area contributed by atoms with Gasteiger partial charge >= 0.3 is 11.9 Å².